The molecule has 3 rings (SSSR count). The summed E-state index contributed by atoms with van der Waals surface area (Å²) in [6, 6.07) is 16.1. The molecule has 5 nitrogen and oxygen atoms in total. The number of aromatic nitrogens is 2. The van der Waals surface area contributed by atoms with E-state index in [1.54, 1.807) is 6.92 Å². The number of benzene rings is 2. The predicted octanol–water partition coefficient (Wildman–Crippen LogP) is 6.26. The second-order valence-corrected chi connectivity index (χ2v) is 7.90. The molecule has 0 radical (unpaired) electrons. The van der Waals surface area contributed by atoms with Gasteiger partial charge in [0.15, 0.2) is 11.9 Å². The lowest BCUT2D eigenvalue weighted by molar-refractivity contribution is -0.151. The fraction of sp³-hybridized carbons (Fsp3) is 0.370. The van der Waals surface area contributed by atoms with E-state index in [-0.39, 0.29) is 5.97 Å². The number of carbonyl (C=O) groups excluding carboxylic acids is 1. The topological polar surface area (TPSA) is 61.3 Å². The van der Waals surface area contributed by atoms with Crippen LogP contribution in [0, 0.1) is 0 Å². The number of unbranched alkanes of at least 4 members (excludes halogenated alkanes) is 2. The molecule has 1 atom stereocenters. The molecule has 5 heteroatoms. The molecule has 168 valence electrons. The first-order valence-corrected chi connectivity index (χ1v) is 11.5. The highest BCUT2D eigenvalue weighted by atomic mass is 16.6. The average molecular weight is 433 g/mol. The van der Waals surface area contributed by atoms with Crippen molar-refractivity contribution >= 4 is 5.97 Å². The number of rotatable bonds is 11. The van der Waals surface area contributed by atoms with Crippen LogP contribution in [0.25, 0.3) is 22.5 Å². The summed E-state index contributed by atoms with van der Waals surface area (Å²) in [5.74, 6) is 0.890. The van der Waals surface area contributed by atoms with Crippen LogP contribution in [0.4, 0.5) is 0 Å². The fourth-order valence-electron chi connectivity index (χ4n) is 3.32. The smallest absolute Gasteiger partial charge is 0.347 e. The van der Waals surface area contributed by atoms with Gasteiger partial charge in [0.05, 0.1) is 6.61 Å². The van der Waals surface area contributed by atoms with Crippen LogP contribution in [0.5, 0.6) is 5.75 Å². The molecule has 0 aliphatic rings. The standard InChI is InChI=1S/C27H32N2O3/c1-4-6-7-8-21-9-11-22(12-10-21)24-18-28-26(29-19-24)23-13-15-25(16-14-23)32-20(3)27(30)31-17-5-2/h9-16,18-20H,4-8,17H2,1-3H3. The highest BCUT2D eigenvalue weighted by Crippen LogP contribution is 2.23. The minimum Gasteiger partial charge on any atom is -0.479 e. The van der Waals surface area contributed by atoms with Gasteiger partial charge in [-0.05, 0) is 61.6 Å². The molecule has 0 aliphatic heterocycles. The van der Waals surface area contributed by atoms with Crippen LogP contribution in [0.2, 0.25) is 0 Å². The minimum atomic E-state index is -0.652. The largest absolute Gasteiger partial charge is 0.479 e. The van der Waals surface area contributed by atoms with Crippen molar-refractivity contribution in [2.45, 2.75) is 59.0 Å². The summed E-state index contributed by atoms with van der Waals surface area (Å²) in [5, 5.41) is 0. The van der Waals surface area contributed by atoms with Gasteiger partial charge < -0.3 is 9.47 Å². The third kappa shape index (κ3) is 6.64. The van der Waals surface area contributed by atoms with Crippen LogP contribution in [0.15, 0.2) is 60.9 Å². The van der Waals surface area contributed by atoms with Gasteiger partial charge in [0.25, 0.3) is 0 Å². The molecule has 2 aromatic carbocycles. The Morgan fingerprint density at radius 1 is 0.844 bits per heavy atom. The Labute approximate surface area is 190 Å². The van der Waals surface area contributed by atoms with Crippen molar-refractivity contribution in [3.05, 3.63) is 66.5 Å². The van der Waals surface area contributed by atoms with Gasteiger partial charge in [-0.1, -0.05) is 51.0 Å². The van der Waals surface area contributed by atoms with E-state index in [4.69, 9.17) is 9.47 Å². The maximum absolute atomic E-state index is 11.9. The SMILES string of the molecule is CCCCCc1ccc(-c2cnc(-c3ccc(OC(C)C(=O)OCCC)cc3)nc2)cc1. The van der Waals surface area contributed by atoms with Crippen LogP contribution in [-0.4, -0.2) is 28.6 Å². The second kappa shape index (κ2) is 12.0. The van der Waals surface area contributed by atoms with Crippen LogP contribution >= 0.6 is 0 Å². The van der Waals surface area contributed by atoms with E-state index >= 15 is 0 Å². The van der Waals surface area contributed by atoms with Gasteiger partial charge in [-0.2, -0.15) is 0 Å². The summed E-state index contributed by atoms with van der Waals surface area (Å²) in [4.78, 5) is 20.9. The molecular weight excluding hydrogens is 400 g/mol. The quantitative estimate of drug-likeness (QED) is 0.264. The number of hydrogen-bond donors (Lipinski definition) is 0. The summed E-state index contributed by atoms with van der Waals surface area (Å²) in [5.41, 5.74) is 4.36. The fourth-order valence-corrected chi connectivity index (χ4v) is 3.32. The number of ether oxygens (including phenoxy) is 2. The van der Waals surface area contributed by atoms with E-state index < -0.39 is 6.10 Å². The number of carbonyl (C=O) groups is 1. The molecule has 1 aromatic heterocycles. The molecular formula is C27H32N2O3. The Morgan fingerprint density at radius 2 is 1.50 bits per heavy atom. The van der Waals surface area contributed by atoms with Gasteiger partial charge in [0, 0.05) is 23.5 Å². The van der Waals surface area contributed by atoms with Gasteiger partial charge in [0.2, 0.25) is 0 Å². The van der Waals surface area contributed by atoms with Crippen molar-refractivity contribution < 1.29 is 14.3 Å². The lowest BCUT2D eigenvalue weighted by Crippen LogP contribution is -2.26. The first-order valence-electron chi connectivity index (χ1n) is 11.5. The normalized spacial score (nSPS) is 11.7. The van der Waals surface area contributed by atoms with Crippen molar-refractivity contribution in [1.82, 2.24) is 9.97 Å². The molecule has 0 N–H and O–H groups in total. The molecule has 3 aromatic rings. The zero-order valence-electron chi connectivity index (χ0n) is 19.2. The molecule has 0 aliphatic carbocycles. The summed E-state index contributed by atoms with van der Waals surface area (Å²) < 4.78 is 10.8. The first-order chi connectivity index (χ1) is 15.6. The number of nitrogens with zero attached hydrogens (tertiary/aromatic N) is 2. The summed E-state index contributed by atoms with van der Waals surface area (Å²) in [6.45, 7) is 6.27. The molecule has 0 bridgehead atoms. The van der Waals surface area contributed by atoms with E-state index in [9.17, 15) is 4.79 Å². The lowest BCUT2D eigenvalue weighted by Gasteiger charge is -2.14. The van der Waals surface area contributed by atoms with E-state index in [0.29, 0.717) is 18.2 Å². The Bertz CT molecular complexity index is 967. The maximum Gasteiger partial charge on any atom is 0.347 e. The Balaban J connectivity index is 1.60. The Hall–Kier alpha value is -3.21. The average Bonchev–Trinajstić information content (AvgIpc) is 2.84. The summed E-state index contributed by atoms with van der Waals surface area (Å²) in [7, 11) is 0. The molecule has 0 spiro atoms. The van der Waals surface area contributed by atoms with Crippen molar-refractivity contribution in [1.29, 1.82) is 0 Å². The van der Waals surface area contributed by atoms with Gasteiger partial charge in [-0.15, -0.1) is 0 Å². The Morgan fingerprint density at radius 3 is 2.12 bits per heavy atom. The minimum absolute atomic E-state index is 0.358. The van der Waals surface area contributed by atoms with Crippen molar-refractivity contribution in [2.24, 2.45) is 0 Å². The summed E-state index contributed by atoms with van der Waals surface area (Å²) >= 11 is 0. The molecule has 0 fully saturated rings. The third-order valence-electron chi connectivity index (χ3n) is 5.21. The zero-order chi connectivity index (χ0) is 22.8. The van der Waals surface area contributed by atoms with Crippen molar-refractivity contribution in [2.75, 3.05) is 6.61 Å². The summed E-state index contributed by atoms with van der Waals surface area (Å²) in [6.07, 6.45) is 8.72. The van der Waals surface area contributed by atoms with Crippen LogP contribution in [0.1, 0.15) is 52.0 Å². The van der Waals surface area contributed by atoms with Gasteiger partial charge in [-0.3, -0.25) is 0 Å². The van der Waals surface area contributed by atoms with Crippen molar-refractivity contribution in [3.8, 4) is 28.3 Å². The van der Waals surface area contributed by atoms with Gasteiger partial charge in [-0.25, -0.2) is 14.8 Å². The lowest BCUT2D eigenvalue weighted by atomic mass is 10.0. The number of hydrogen-bond acceptors (Lipinski definition) is 5. The second-order valence-electron chi connectivity index (χ2n) is 7.90. The van der Waals surface area contributed by atoms with E-state index in [2.05, 4.69) is 41.2 Å². The zero-order valence-corrected chi connectivity index (χ0v) is 19.2. The monoisotopic (exact) mass is 432 g/mol. The van der Waals surface area contributed by atoms with Crippen LogP contribution < -0.4 is 4.74 Å². The highest BCUT2D eigenvalue weighted by Gasteiger charge is 2.16. The van der Waals surface area contributed by atoms with Crippen LogP contribution in [-0.2, 0) is 16.0 Å². The Kier molecular flexibility index (Phi) is 8.79. The molecule has 0 amide bonds. The van der Waals surface area contributed by atoms with E-state index in [0.717, 1.165) is 29.5 Å². The van der Waals surface area contributed by atoms with E-state index in [1.807, 2.05) is 43.6 Å². The third-order valence-corrected chi connectivity index (χ3v) is 5.21. The van der Waals surface area contributed by atoms with Crippen LogP contribution in [0.3, 0.4) is 0 Å². The van der Waals surface area contributed by atoms with Gasteiger partial charge in [0.1, 0.15) is 5.75 Å². The predicted molar refractivity (Wildman–Crippen MR) is 127 cm³/mol. The molecule has 0 saturated carbocycles. The van der Waals surface area contributed by atoms with E-state index in [1.165, 1.54) is 24.8 Å². The highest BCUT2D eigenvalue weighted by molar-refractivity contribution is 5.74. The molecule has 1 heterocycles. The number of esters is 1. The molecule has 0 saturated heterocycles. The molecule has 1 unspecified atom stereocenters. The molecule has 32 heavy (non-hydrogen) atoms. The first kappa shape index (κ1) is 23.5. The maximum atomic E-state index is 11.9. The van der Waals surface area contributed by atoms with Gasteiger partial charge >= 0.3 is 5.97 Å². The van der Waals surface area contributed by atoms with Crippen molar-refractivity contribution in [3.63, 3.8) is 0 Å². The number of aryl methyl sites for hydroxylation is 1.